The van der Waals surface area contributed by atoms with Crippen LogP contribution >= 0.6 is 22.9 Å². The molecule has 3 rings (SSSR count). The molecule has 7 nitrogen and oxygen atoms in total. The first kappa shape index (κ1) is 19.3. The van der Waals surface area contributed by atoms with Crippen LogP contribution in [0.5, 0.6) is 0 Å². The van der Waals surface area contributed by atoms with Gasteiger partial charge in [-0.05, 0) is 29.6 Å². The maximum absolute atomic E-state index is 12.4. The predicted octanol–water partition coefficient (Wildman–Crippen LogP) is 2.67. The average Bonchev–Trinajstić information content (AvgIpc) is 3.21. The molecule has 27 heavy (non-hydrogen) atoms. The standard InChI is InChI=1S/C18H17ClN2O5S/c19-12-3-4-13(14(10-12)20-17(23)15-2-1-9-27-15)18(24)26-11-16(22)21-5-7-25-8-6-21/h1-4,9-10H,5-8,11H2,(H,20,23). The highest BCUT2D eigenvalue weighted by atomic mass is 35.5. The summed E-state index contributed by atoms with van der Waals surface area (Å²) in [6.45, 7) is 1.50. The summed E-state index contributed by atoms with van der Waals surface area (Å²) >= 11 is 7.26. The van der Waals surface area contributed by atoms with Gasteiger partial charge in [-0.1, -0.05) is 17.7 Å². The maximum Gasteiger partial charge on any atom is 0.340 e. The van der Waals surface area contributed by atoms with E-state index >= 15 is 0 Å². The summed E-state index contributed by atoms with van der Waals surface area (Å²) < 4.78 is 10.3. The molecule has 0 bridgehead atoms. The van der Waals surface area contributed by atoms with E-state index in [-0.39, 0.29) is 29.7 Å². The SMILES string of the molecule is O=C(Nc1cc(Cl)ccc1C(=O)OCC(=O)N1CCOCC1)c1cccs1. The molecule has 9 heteroatoms. The van der Waals surface area contributed by atoms with E-state index in [2.05, 4.69) is 5.32 Å². The summed E-state index contributed by atoms with van der Waals surface area (Å²) in [6, 6.07) is 7.86. The number of esters is 1. The van der Waals surface area contributed by atoms with Gasteiger partial charge in [0, 0.05) is 18.1 Å². The Morgan fingerprint density at radius 1 is 1.22 bits per heavy atom. The van der Waals surface area contributed by atoms with E-state index in [9.17, 15) is 14.4 Å². The summed E-state index contributed by atoms with van der Waals surface area (Å²) in [4.78, 5) is 38.9. The van der Waals surface area contributed by atoms with Crippen molar-refractivity contribution in [1.82, 2.24) is 4.90 Å². The smallest absolute Gasteiger partial charge is 0.340 e. The van der Waals surface area contributed by atoms with Crippen molar-refractivity contribution >= 4 is 46.4 Å². The van der Waals surface area contributed by atoms with E-state index in [1.807, 2.05) is 0 Å². The van der Waals surface area contributed by atoms with Crippen molar-refractivity contribution in [2.24, 2.45) is 0 Å². The minimum absolute atomic E-state index is 0.124. The Hall–Kier alpha value is -2.42. The molecule has 1 aliphatic rings. The first-order chi connectivity index (χ1) is 13.0. The second-order valence-electron chi connectivity index (χ2n) is 5.69. The molecule has 0 atom stereocenters. The summed E-state index contributed by atoms with van der Waals surface area (Å²) in [6.07, 6.45) is 0. The zero-order chi connectivity index (χ0) is 19.2. The van der Waals surface area contributed by atoms with Gasteiger partial charge < -0.3 is 19.7 Å². The lowest BCUT2D eigenvalue weighted by Gasteiger charge is -2.26. The molecule has 1 aliphatic heterocycles. The molecule has 2 amide bonds. The minimum Gasteiger partial charge on any atom is -0.452 e. The quantitative estimate of drug-likeness (QED) is 0.769. The number of carbonyl (C=O) groups excluding carboxylic acids is 3. The Labute approximate surface area is 164 Å². The fourth-order valence-electron chi connectivity index (χ4n) is 2.50. The highest BCUT2D eigenvalue weighted by Gasteiger charge is 2.21. The van der Waals surface area contributed by atoms with Crippen LogP contribution in [-0.2, 0) is 14.3 Å². The van der Waals surface area contributed by atoms with E-state index in [1.54, 1.807) is 22.4 Å². The van der Waals surface area contributed by atoms with Crippen molar-refractivity contribution in [3.05, 3.63) is 51.2 Å². The number of nitrogens with one attached hydrogen (secondary N) is 1. The number of hydrogen-bond donors (Lipinski definition) is 1. The van der Waals surface area contributed by atoms with Gasteiger partial charge in [0.15, 0.2) is 6.61 Å². The van der Waals surface area contributed by atoms with Gasteiger partial charge >= 0.3 is 5.97 Å². The molecule has 2 aromatic rings. The lowest BCUT2D eigenvalue weighted by molar-refractivity contribution is -0.138. The van der Waals surface area contributed by atoms with E-state index < -0.39 is 5.97 Å². The number of benzene rings is 1. The lowest BCUT2D eigenvalue weighted by Crippen LogP contribution is -2.42. The lowest BCUT2D eigenvalue weighted by atomic mass is 10.1. The van der Waals surface area contributed by atoms with Crippen LogP contribution < -0.4 is 5.32 Å². The monoisotopic (exact) mass is 408 g/mol. The Bertz CT molecular complexity index is 834. The molecular formula is C18H17ClN2O5S. The molecular weight excluding hydrogens is 392 g/mol. The zero-order valence-corrected chi connectivity index (χ0v) is 15.8. The van der Waals surface area contributed by atoms with Gasteiger partial charge in [0.25, 0.3) is 11.8 Å². The number of halogens is 1. The third kappa shape index (κ3) is 5.06. The fourth-order valence-corrected chi connectivity index (χ4v) is 3.29. The minimum atomic E-state index is -0.713. The van der Waals surface area contributed by atoms with Crippen LogP contribution in [0.2, 0.25) is 5.02 Å². The van der Waals surface area contributed by atoms with Crippen LogP contribution in [0.4, 0.5) is 5.69 Å². The number of hydrogen-bond acceptors (Lipinski definition) is 6. The second-order valence-corrected chi connectivity index (χ2v) is 7.07. The third-order valence-electron chi connectivity index (χ3n) is 3.89. The molecule has 1 saturated heterocycles. The van der Waals surface area contributed by atoms with Gasteiger partial charge in [0.2, 0.25) is 0 Å². The number of morpholine rings is 1. The summed E-state index contributed by atoms with van der Waals surface area (Å²) in [5.74, 6) is -1.36. The van der Waals surface area contributed by atoms with Gasteiger partial charge in [-0.2, -0.15) is 0 Å². The Morgan fingerprint density at radius 2 is 2.00 bits per heavy atom. The van der Waals surface area contributed by atoms with Gasteiger partial charge in [0.05, 0.1) is 29.3 Å². The number of rotatable bonds is 5. The van der Waals surface area contributed by atoms with Crippen LogP contribution in [-0.4, -0.2) is 55.6 Å². The molecule has 1 fully saturated rings. The topological polar surface area (TPSA) is 84.9 Å². The maximum atomic E-state index is 12.4. The third-order valence-corrected chi connectivity index (χ3v) is 4.99. The van der Waals surface area contributed by atoms with Crippen molar-refractivity contribution < 1.29 is 23.9 Å². The molecule has 2 heterocycles. The zero-order valence-electron chi connectivity index (χ0n) is 14.3. The number of anilines is 1. The second kappa shape index (κ2) is 8.98. The largest absolute Gasteiger partial charge is 0.452 e. The highest BCUT2D eigenvalue weighted by Crippen LogP contribution is 2.23. The highest BCUT2D eigenvalue weighted by molar-refractivity contribution is 7.12. The van der Waals surface area contributed by atoms with Gasteiger partial charge in [-0.3, -0.25) is 9.59 Å². The van der Waals surface area contributed by atoms with Crippen molar-refractivity contribution in [3.63, 3.8) is 0 Å². The predicted molar refractivity (Wildman–Crippen MR) is 101 cm³/mol. The molecule has 1 N–H and O–H groups in total. The normalized spacial score (nSPS) is 13.9. The molecule has 1 aromatic carbocycles. The van der Waals surface area contributed by atoms with Crippen molar-refractivity contribution in [3.8, 4) is 0 Å². The van der Waals surface area contributed by atoms with Gasteiger partial charge in [-0.25, -0.2) is 4.79 Å². The van der Waals surface area contributed by atoms with Crippen LogP contribution in [0.25, 0.3) is 0 Å². The van der Waals surface area contributed by atoms with Crippen molar-refractivity contribution in [2.75, 3.05) is 38.2 Å². The van der Waals surface area contributed by atoms with Gasteiger partial charge in [0.1, 0.15) is 0 Å². The van der Waals surface area contributed by atoms with Crippen molar-refractivity contribution in [2.45, 2.75) is 0 Å². The average molecular weight is 409 g/mol. The molecule has 142 valence electrons. The Kier molecular flexibility index (Phi) is 6.44. The van der Waals surface area contributed by atoms with Gasteiger partial charge in [-0.15, -0.1) is 11.3 Å². The molecule has 0 aliphatic carbocycles. The summed E-state index contributed by atoms with van der Waals surface area (Å²) in [5, 5.41) is 4.80. The van der Waals surface area contributed by atoms with Crippen LogP contribution in [0.15, 0.2) is 35.7 Å². The van der Waals surface area contributed by atoms with Crippen LogP contribution in [0.3, 0.4) is 0 Å². The van der Waals surface area contributed by atoms with E-state index in [1.165, 1.54) is 29.5 Å². The molecule has 1 aromatic heterocycles. The molecule has 0 radical (unpaired) electrons. The first-order valence-corrected chi connectivity index (χ1v) is 9.47. The number of amides is 2. The number of ether oxygens (including phenoxy) is 2. The Balaban J connectivity index is 1.66. The number of carbonyl (C=O) groups is 3. The van der Waals surface area contributed by atoms with Crippen LogP contribution in [0, 0.1) is 0 Å². The number of thiophene rings is 1. The fraction of sp³-hybridized carbons (Fsp3) is 0.278. The first-order valence-electron chi connectivity index (χ1n) is 8.21. The molecule has 0 saturated carbocycles. The van der Waals surface area contributed by atoms with Crippen molar-refractivity contribution in [1.29, 1.82) is 0 Å². The van der Waals surface area contributed by atoms with E-state index in [0.29, 0.717) is 36.2 Å². The van der Waals surface area contributed by atoms with Crippen LogP contribution in [0.1, 0.15) is 20.0 Å². The van der Waals surface area contributed by atoms with E-state index in [0.717, 1.165) is 0 Å². The molecule has 0 unspecified atom stereocenters. The number of nitrogens with zero attached hydrogens (tertiary/aromatic N) is 1. The van der Waals surface area contributed by atoms with E-state index in [4.69, 9.17) is 21.1 Å². The summed E-state index contributed by atoms with van der Waals surface area (Å²) in [7, 11) is 0. The molecule has 0 spiro atoms. The summed E-state index contributed by atoms with van der Waals surface area (Å²) in [5.41, 5.74) is 0.351. The Morgan fingerprint density at radius 3 is 2.70 bits per heavy atom.